The molecule has 0 fully saturated rings. The van der Waals surface area contributed by atoms with Crippen LogP contribution in [0.4, 0.5) is 0 Å². The Morgan fingerprint density at radius 1 is 0.414 bits per heavy atom. The first-order valence-electron chi connectivity index (χ1n) is 19.3. The molecule has 0 aliphatic carbocycles. The summed E-state index contributed by atoms with van der Waals surface area (Å²) in [5, 5.41) is 8.84. The lowest BCUT2D eigenvalue weighted by Crippen LogP contribution is -2.00. The van der Waals surface area contributed by atoms with Gasteiger partial charge < -0.3 is 13.4 Å². The minimum absolute atomic E-state index is 0.589. The third-order valence-corrected chi connectivity index (χ3v) is 12.7. The first kappa shape index (κ1) is 31.6. The molecular formula is C51H28N4O2S. The van der Waals surface area contributed by atoms with Gasteiger partial charge in [-0.15, -0.1) is 11.3 Å². The van der Waals surface area contributed by atoms with Crippen molar-refractivity contribution in [1.29, 1.82) is 0 Å². The van der Waals surface area contributed by atoms with Crippen LogP contribution in [0, 0.1) is 0 Å². The molecule has 0 spiro atoms. The van der Waals surface area contributed by atoms with Crippen LogP contribution in [0.25, 0.3) is 126 Å². The van der Waals surface area contributed by atoms with E-state index >= 15 is 0 Å². The number of para-hydroxylation sites is 2. The molecule has 0 radical (unpaired) electrons. The minimum atomic E-state index is 0.589. The molecule has 0 bridgehead atoms. The van der Waals surface area contributed by atoms with Crippen LogP contribution >= 0.6 is 11.3 Å². The van der Waals surface area contributed by atoms with E-state index in [2.05, 4.69) is 126 Å². The van der Waals surface area contributed by atoms with Gasteiger partial charge in [-0.3, -0.25) is 0 Å². The highest BCUT2D eigenvalue weighted by Gasteiger charge is 2.21. The highest BCUT2D eigenvalue weighted by Crippen LogP contribution is 2.43. The van der Waals surface area contributed by atoms with Crippen molar-refractivity contribution in [3.63, 3.8) is 0 Å². The van der Waals surface area contributed by atoms with Crippen LogP contribution in [-0.2, 0) is 0 Å². The van der Waals surface area contributed by atoms with E-state index in [0.29, 0.717) is 17.5 Å². The summed E-state index contributed by atoms with van der Waals surface area (Å²) in [5.41, 5.74) is 9.28. The van der Waals surface area contributed by atoms with E-state index < -0.39 is 0 Å². The number of furan rings is 2. The maximum atomic E-state index is 6.85. The van der Waals surface area contributed by atoms with E-state index in [0.717, 1.165) is 82.0 Å². The Morgan fingerprint density at radius 2 is 1.09 bits per heavy atom. The van der Waals surface area contributed by atoms with Crippen molar-refractivity contribution in [2.24, 2.45) is 0 Å². The van der Waals surface area contributed by atoms with Crippen molar-refractivity contribution >= 4 is 97.2 Å². The average Bonchev–Trinajstić information content (AvgIpc) is 4.04. The van der Waals surface area contributed by atoms with Gasteiger partial charge in [-0.2, -0.15) is 0 Å². The first-order valence-corrected chi connectivity index (χ1v) is 20.1. The van der Waals surface area contributed by atoms with E-state index in [4.69, 9.17) is 23.8 Å². The number of thiophene rings is 1. The maximum Gasteiger partial charge on any atom is 0.165 e. The topological polar surface area (TPSA) is 69.9 Å². The Labute approximate surface area is 333 Å². The van der Waals surface area contributed by atoms with Gasteiger partial charge in [0.15, 0.2) is 17.5 Å². The second-order valence-corrected chi connectivity index (χ2v) is 15.8. The average molecular weight is 761 g/mol. The molecule has 0 unspecified atom stereocenters. The van der Waals surface area contributed by atoms with E-state index in [1.54, 1.807) is 11.3 Å². The number of fused-ring (bicyclic) bond motifs is 13. The molecule has 5 aromatic heterocycles. The van der Waals surface area contributed by atoms with E-state index in [9.17, 15) is 0 Å². The lowest BCUT2D eigenvalue weighted by Gasteiger charge is -2.09. The van der Waals surface area contributed by atoms with Gasteiger partial charge in [0, 0.05) is 75.5 Å². The Kier molecular flexibility index (Phi) is 6.50. The summed E-state index contributed by atoms with van der Waals surface area (Å²) in [6.45, 7) is 0. The van der Waals surface area contributed by atoms with Crippen LogP contribution in [0.2, 0.25) is 0 Å². The molecule has 58 heavy (non-hydrogen) atoms. The largest absolute Gasteiger partial charge is 0.456 e. The summed E-state index contributed by atoms with van der Waals surface area (Å²) < 4.78 is 18.0. The highest BCUT2D eigenvalue weighted by atomic mass is 32.1. The standard InChI is InChI=1S/C51H28N4O2S/c1-2-11-29(12-3-1)49-52-50(54-51(53-49)38-17-10-16-37-35-15-6-9-20-45(35)58-48(37)38)30-21-25-42-39(27-30)46-43(56-42)26-24-36-34-23-22-31(28-44(34)57-47(36)46)55-40-18-7-4-13-32(40)33-14-5-8-19-41(33)55/h1-28H. The van der Waals surface area contributed by atoms with E-state index in [-0.39, 0.29) is 0 Å². The van der Waals surface area contributed by atoms with Crippen molar-refractivity contribution in [3.8, 4) is 39.9 Å². The van der Waals surface area contributed by atoms with Crippen molar-refractivity contribution in [2.45, 2.75) is 0 Å². The van der Waals surface area contributed by atoms with Crippen molar-refractivity contribution in [3.05, 3.63) is 170 Å². The molecule has 0 aliphatic rings. The monoisotopic (exact) mass is 760 g/mol. The predicted octanol–water partition coefficient (Wildman–Crippen LogP) is 14.1. The summed E-state index contributed by atoms with van der Waals surface area (Å²) >= 11 is 1.77. The zero-order valence-corrected chi connectivity index (χ0v) is 31.5. The summed E-state index contributed by atoms with van der Waals surface area (Å²) in [7, 11) is 0. The summed E-state index contributed by atoms with van der Waals surface area (Å²) in [6, 6.07) is 59.0. The number of benzene rings is 8. The fourth-order valence-corrected chi connectivity index (χ4v) is 10.0. The fraction of sp³-hybridized carbons (Fsp3) is 0. The van der Waals surface area contributed by atoms with E-state index in [1.165, 1.54) is 26.2 Å². The molecule has 13 aromatic rings. The van der Waals surface area contributed by atoms with Gasteiger partial charge in [-0.05, 0) is 66.7 Å². The van der Waals surface area contributed by atoms with Crippen molar-refractivity contribution < 1.29 is 8.83 Å². The van der Waals surface area contributed by atoms with Crippen molar-refractivity contribution in [2.75, 3.05) is 0 Å². The summed E-state index contributed by atoms with van der Waals surface area (Å²) in [4.78, 5) is 15.4. The quantitative estimate of drug-likeness (QED) is 0.179. The summed E-state index contributed by atoms with van der Waals surface area (Å²) in [6.07, 6.45) is 0. The maximum absolute atomic E-state index is 6.85. The zero-order chi connectivity index (χ0) is 37.9. The number of rotatable bonds is 4. The highest BCUT2D eigenvalue weighted by molar-refractivity contribution is 7.26. The second kappa shape index (κ2) is 11.9. The molecule has 0 aliphatic heterocycles. The second-order valence-electron chi connectivity index (χ2n) is 14.7. The Morgan fingerprint density at radius 3 is 1.91 bits per heavy atom. The molecule has 0 atom stereocenters. The molecule has 0 saturated carbocycles. The lowest BCUT2D eigenvalue weighted by molar-refractivity contribution is 0.662. The molecule has 0 saturated heterocycles. The molecule has 0 N–H and O–H groups in total. The minimum Gasteiger partial charge on any atom is -0.456 e. The van der Waals surface area contributed by atoms with Gasteiger partial charge in [0.25, 0.3) is 0 Å². The van der Waals surface area contributed by atoms with Gasteiger partial charge in [-0.1, -0.05) is 97.1 Å². The molecule has 7 heteroatoms. The van der Waals surface area contributed by atoms with Crippen LogP contribution in [0.1, 0.15) is 0 Å². The van der Waals surface area contributed by atoms with Crippen LogP contribution in [0.5, 0.6) is 0 Å². The molecule has 13 rings (SSSR count). The first-order chi connectivity index (χ1) is 28.7. The zero-order valence-electron chi connectivity index (χ0n) is 30.7. The number of aromatic nitrogens is 4. The van der Waals surface area contributed by atoms with Gasteiger partial charge in [0.2, 0.25) is 0 Å². The van der Waals surface area contributed by atoms with Crippen molar-refractivity contribution in [1.82, 2.24) is 19.5 Å². The van der Waals surface area contributed by atoms with Crippen LogP contribution < -0.4 is 0 Å². The smallest absolute Gasteiger partial charge is 0.165 e. The lowest BCUT2D eigenvalue weighted by atomic mass is 10.1. The molecule has 0 amide bonds. The van der Waals surface area contributed by atoms with Gasteiger partial charge >= 0.3 is 0 Å². The number of nitrogens with zero attached hydrogens (tertiary/aromatic N) is 4. The third kappa shape index (κ3) is 4.56. The van der Waals surface area contributed by atoms with Gasteiger partial charge in [0.05, 0.1) is 16.4 Å². The summed E-state index contributed by atoms with van der Waals surface area (Å²) in [5.74, 6) is 1.84. The Balaban J connectivity index is 1.00. The van der Waals surface area contributed by atoms with Gasteiger partial charge in [0.1, 0.15) is 22.3 Å². The number of hydrogen-bond acceptors (Lipinski definition) is 6. The SMILES string of the molecule is c1ccc(-c2nc(-c3ccc4oc5ccc6c7ccc(-n8c9ccccc9c9ccccc98)cc7oc6c5c4c3)nc(-c3cccc4c3sc3ccccc34)n2)cc1. The Hall–Kier alpha value is -7.61. The molecule has 270 valence electrons. The predicted molar refractivity (Wildman–Crippen MR) is 238 cm³/mol. The molecular weight excluding hydrogens is 733 g/mol. The van der Waals surface area contributed by atoms with Crippen LogP contribution in [0.3, 0.4) is 0 Å². The molecule has 6 nitrogen and oxygen atoms in total. The normalized spacial score (nSPS) is 12.1. The number of hydrogen-bond donors (Lipinski definition) is 0. The third-order valence-electron chi connectivity index (χ3n) is 11.5. The Bertz CT molecular complexity index is 3760. The molecule has 5 heterocycles. The van der Waals surface area contributed by atoms with Gasteiger partial charge in [-0.25, -0.2) is 15.0 Å². The van der Waals surface area contributed by atoms with E-state index in [1.807, 2.05) is 48.5 Å². The van der Waals surface area contributed by atoms with Crippen LogP contribution in [0.15, 0.2) is 179 Å². The van der Waals surface area contributed by atoms with Crippen LogP contribution in [-0.4, -0.2) is 19.5 Å². The molecule has 8 aromatic carbocycles. The fourth-order valence-electron chi connectivity index (χ4n) is 8.83.